The number of hydrogen-bond acceptors (Lipinski definition) is 2. The van der Waals surface area contributed by atoms with Crippen molar-refractivity contribution in [2.75, 3.05) is 0 Å². The maximum Gasteiger partial charge on any atom is 0.264 e. The molecule has 5 heteroatoms. The third-order valence-electron chi connectivity index (χ3n) is 3.02. The van der Waals surface area contributed by atoms with Crippen molar-refractivity contribution in [1.82, 2.24) is 0 Å². The van der Waals surface area contributed by atoms with Crippen molar-refractivity contribution < 1.29 is 13.0 Å². The quantitative estimate of drug-likeness (QED) is 0.629. The minimum Gasteiger partial charge on any atom is -0.286 e. The Morgan fingerprint density at radius 1 is 1.00 bits per heavy atom. The Labute approximate surface area is 103 Å². The third kappa shape index (κ3) is 4.18. The van der Waals surface area contributed by atoms with Gasteiger partial charge in [0.1, 0.15) is 0 Å². The minimum atomic E-state index is -3.92. The lowest BCUT2D eigenvalue weighted by Crippen LogP contribution is -2.47. The van der Waals surface area contributed by atoms with E-state index in [4.69, 9.17) is 0 Å². The molecule has 0 rings (SSSR count). The summed E-state index contributed by atoms with van der Waals surface area (Å²) in [5.41, 5.74) is -0.247. The summed E-state index contributed by atoms with van der Waals surface area (Å²) in [5.74, 6) is -0.0216. The average Bonchev–Trinajstić information content (AvgIpc) is 1.91. The second-order valence-electron chi connectivity index (χ2n) is 6.67. The van der Waals surface area contributed by atoms with E-state index < -0.39 is 24.5 Å². The largest absolute Gasteiger partial charge is 0.286 e. The highest BCUT2D eigenvalue weighted by atomic mass is 32.2. The van der Waals surface area contributed by atoms with Crippen LogP contribution in [0, 0.1) is 16.7 Å². The zero-order valence-corrected chi connectivity index (χ0v) is 13.8. The Kier molecular flexibility index (Phi) is 4.82. The molecule has 1 unspecified atom stereocenters. The molecule has 0 bridgehead atoms. The standard InChI is InChI=1S/C11H26O3SSi/c1-10(2,3)8(11(4,5)6)9(16-7)15(12,13)14/h8-9H,16H2,1-7H3,(H,12,13,14). The van der Waals surface area contributed by atoms with Crippen LogP contribution < -0.4 is 0 Å². The number of rotatable bonds is 3. The minimum absolute atomic E-state index is 0.0216. The summed E-state index contributed by atoms with van der Waals surface area (Å²) < 4.78 is 32.4. The van der Waals surface area contributed by atoms with Gasteiger partial charge in [0.2, 0.25) is 0 Å². The highest BCUT2D eigenvalue weighted by Gasteiger charge is 2.44. The van der Waals surface area contributed by atoms with Crippen molar-refractivity contribution >= 4 is 19.6 Å². The van der Waals surface area contributed by atoms with E-state index in [2.05, 4.69) is 0 Å². The predicted molar refractivity (Wildman–Crippen MR) is 72.1 cm³/mol. The Morgan fingerprint density at radius 3 is 1.38 bits per heavy atom. The SMILES string of the molecule is C[SiH2]C(C(C(C)(C)C)C(C)(C)C)S(=O)(=O)O. The molecule has 0 saturated carbocycles. The summed E-state index contributed by atoms with van der Waals surface area (Å²) in [5, 5.41) is 0. The number of hydrogen-bond donors (Lipinski definition) is 1. The van der Waals surface area contributed by atoms with Crippen molar-refractivity contribution in [3.63, 3.8) is 0 Å². The van der Waals surface area contributed by atoms with Gasteiger partial charge in [0.15, 0.2) is 0 Å². The second-order valence-corrected chi connectivity index (χ2v) is 10.6. The van der Waals surface area contributed by atoms with Gasteiger partial charge in [-0.1, -0.05) is 48.1 Å². The molecule has 0 aliphatic heterocycles. The molecule has 0 aromatic carbocycles. The molecular formula is C11H26O3SSi. The van der Waals surface area contributed by atoms with Gasteiger partial charge in [0, 0.05) is 9.52 Å². The lowest BCUT2D eigenvalue weighted by Gasteiger charge is -2.44. The van der Waals surface area contributed by atoms with Crippen LogP contribution in [-0.2, 0) is 10.1 Å². The molecule has 98 valence electrons. The van der Waals surface area contributed by atoms with E-state index in [1.807, 2.05) is 48.1 Å². The van der Waals surface area contributed by atoms with Crippen LogP contribution in [0.1, 0.15) is 41.5 Å². The summed E-state index contributed by atoms with van der Waals surface area (Å²) in [6.07, 6.45) is 0. The summed E-state index contributed by atoms with van der Waals surface area (Å²) in [6.45, 7) is 14.2. The predicted octanol–water partition coefficient (Wildman–Crippen LogP) is 2.13. The summed E-state index contributed by atoms with van der Waals surface area (Å²) in [4.78, 5) is -0.549. The molecular weight excluding hydrogens is 240 g/mol. The molecule has 0 aliphatic rings. The first-order valence-corrected chi connectivity index (χ1v) is 9.51. The molecule has 0 saturated heterocycles. The van der Waals surface area contributed by atoms with Crippen molar-refractivity contribution in [1.29, 1.82) is 0 Å². The van der Waals surface area contributed by atoms with Gasteiger partial charge in [-0.3, -0.25) is 4.55 Å². The summed E-state index contributed by atoms with van der Waals surface area (Å²) in [6, 6.07) is 0. The molecule has 0 aliphatic carbocycles. The summed E-state index contributed by atoms with van der Waals surface area (Å²) in [7, 11) is -4.74. The first kappa shape index (κ1) is 16.1. The summed E-state index contributed by atoms with van der Waals surface area (Å²) >= 11 is 0. The van der Waals surface area contributed by atoms with Gasteiger partial charge in [-0.05, 0) is 16.7 Å². The molecule has 1 N–H and O–H groups in total. The van der Waals surface area contributed by atoms with Crippen LogP contribution in [0.3, 0.4) is 0 Å². The Hall–Kier alpha value is 0.127. The fraction of sp³-hybridized carbons (Fsp3) is 1.00. The van der Waals surface area contributed by atoms with E-state index in [1.165, 1.54) is 0 Å². The van der Waals surface area contributed by atoms with Crippen LogP contribution in [0.4, 0.5) is 0 Å². The van der Waals surface area contributed by atoms with E-state index in [0.29, 0.717) is 0 Å². The van der Waals surface area contributed by atoms with E-state index in [0.717, 1.165) is 0 Å². The van der Waals surface area contributed by atoms with Crippen molar-refractivity contribution in [2.45, 2.75) is 53.0 Å². The highest BCUT2D eigenvalue weighted by molar-refractivity contribution is 7.87. The van der Waals surface area contributed by atoms with Crippen LogP contribution in [0.2, 0.25) is 6.55 Å². The average molecular weight is 266 g/mol. The zero-order chi connectivity index (χ0) is 13.4. The molecule has 0 amide bonds. The maximum atomic E-state index is 11.5. The van der Waals surface area contributed by atoms with E-state index in [9.17, 15) is 13.0 Å². The molecule has 1 atom stereocenters. The molecule has 0 aromatic heterocycles. The van der Waals surface area contributed by atoms with Crippen LogP contribution in [0.25, 0.3) is 0 Å². The molecule has 0 heterocycles. The van der Waals surface area contributed by atoms with Gasteiger partial charge in [-0.25, -0.2) is 0 Å². The Bertz CT molecular complexity index is 308. The molecule has 0 radical (unpaired) electrons. The van der Waals surface area contributed by atoms with Crippen molar-refractivity contribution in [3.05, 3.63) is 0 Å². The fourth-order valence-electron chi connectivity index (χ4n) is 3.03. The normalized spacial score (nSPS) is 17.3. The van der Waals surface area contributed by atoms with Crippen LogP contribution in [0.5, 0.6) is 0 Å². The van der Waals surface area contributed by atoms with Crippen LogP contribution >= 0.6 is 0 Å². The molecule has 0 fully saturated rings. The smallest absolute Gasteiger partial charge is 0.264 e. The van der Waals surface area contributed by atoms with Gasteiger partial charge in [-0.15, -0.1) is 0 Å². The highest BCUT2D eigenvalue weighted by Crippen LogP contribution is 2.43. The first-order chi connectivity index (χ1) is 6.81. The van der Waals surface area contributed by atoms with E-state index >= 15 is 0 Å². The second kappa shape index (κ2) is 4.78. The lowest BCUT2D eigenvalue weighted by atomic mass is 9.67. The Balaban J connectivity index is 5.53. The Morgan fingerprint density at radius 2 is 1.31 bits per heavy atom. The zero-order valence-electron chi connectivity index (χ0n) is 11.5. The van der Waals surface area contributed by atoms with Gasteiger partial charge in [0.05, 0.1) is 4.87 Å². The molecule has 16 heavy (non-hydrogen) atoms. The maximum absolute atomic E-state index is 11.5. The first-order valence-electron chi connectivity index (χ1n) is 5.78. The third-order valence-corrected chi connectivity index (χ3v) is 7.60. The van der Waals surface area contributed by atoms with Gasteiger partial charge >= 0.3 is 0 Å². The molecule has 0 spiro atoms. The van der Waals surface area contributed by atoms with E-state index in [1.54, 1.807) is 0 Å². The van der Waals surface area contributed by atoms with Gasteiger partial charge in [0.25, 0.3) is 10.1 Å². The van der Waals surface area contributed by atoms with Gasteiger partial charge in [-0.2, -0.15) is 8.42 Å². The van der Waals surface area contributed by atoms with E-state index in [-0.39, 0.29) is 16.7 Å². The van der Waals surface area contributed by atoms with Crippen LogP contribution in [-0.4, -0.2) is 27.4 Å². The lowest BCUT2D eigenvalue weighted by molar-refractivity contribution is 0.111. The topological polar surface area (TPSA) is 54.4 Å². The fourth-order valence-corrected chi connectivity index (χ4v) is 7.76. The molecule has 3 nitrogen and oxygen atoms in total. The van der Waals surface area contributed by atoms with Gasteiger partial charge < -0.3 is 0 Å². The molecule has 0 aromatic rings. The monoisotopic (exact) mass is 266 g/mol. The van der Waals surface area contributed by atoms with Crippen molar-refractivity contribution in [3.8, 4) is 0 Å². The van der Waals surface area contributed by atoms with Crippen molar-refractivity contribution in [2.24, 2.45) is 16.7 Å². The van der Waals surface area contributed by atoms with Crippen LogP contribution in [0.15, 0.2) is 0 Å².